The van der Waals surface area contributed by atoms with Gasteiger partial charge in [-0.15, -0.1) is 0 Å². The molecule has 1 saturated carbocycles. The smallest absolute Gasteiger partial charge is 0.475 e. The molecule has 0 aromatic heterocycles. The largest absolute Gasteiger partial charge is 0.490 e. The number of rotatable bonds is 5. The van der Waals surface area contributed by atoms with Crippen LogP contribution in [0.15, 0.2) is 42.5 Å². The van der Waals surface area contributed by atoms with E-state index in [-0.39, 0.29) is 37.6 Å². The summed E-state index contributed by atoms with van der Waals surface area (Å²) in [5.74, 6) is -6.80. The number of carboxylic acid groups (broad SMARTS) is 1. The number of carbonyl (C=O) groups excluding carboxylic acids is 1. The third-order valence-electron chi connectivity index (χ3n) is 7.27. The molecule has 4 N–H and O–H groups in total. The zero-order chi connectivity index (χ0) is 32.5. The highest BCUT2D eigenvalue weighted by Gasteiger charge is 2.48. The molecule has 2 aliphatic rings. The van der Waals surface area contributed by atoms with Gasteiger partial charge in [-0.05, 0) is 43.0 Å². The van der Waals surface area contributed by atoms with Crippen molar-refractivity contribution in [2.75, 3.05) is 11.0 Å². The topological polar surface area (TPSA) is 140 Å². The van der Waals surface area contributed by atoms with E-state index in [1.54, 1.807) is 43.3 Å². The van der Waals surface area contributed by atoms with Crippen molar-refractivity contribution in [3.63, 3.8) is 0 Å². The molecule has 16 heteroatoms. The second-order valence-electron chi connectivity index (χ2n) is 10.8. The Bertz CT molecular complexity index is 1480. The Morgan fingerprint density at radius 2 is 1.77 bits per heavy atom. The summed E-state index contributed by atoms with van der Waals surface area (Å²) in [5.41, 5.74) is 1.51. The van der Waals surface area contributed by atoms with Crippen molar-refractivity contribution in [3.05, 3.63) is 53.1 Å². The number of hydrogen-bond acceptors (Lipinski definition) is 5. The first-order valence-corrected chi connectivity index (χ1v) is 15.2. The Labute approximate surface area is 250 Å². The first-order valence-electron chi connectivity index (χ1n) is 12.9. The molecule has 2 aromatic rings. The van der Waals surface area contributed by atoms with Gasteiger partial charge < -0.3 is 10.4 Å². The number of hydrogen-bond donors (Lipinski definition) is 4. The fraction of sp³-hybridized carbons (Fsp3) is 0.444. The first-order chi connectivity index (χ1) is 19.6. The van der Waals surface area contributed by atoms with Crippen molar-refractivity contribution in [2.45, 2.75) is 63.2 Å². The minimum atomic E-state index is -5.08. The number of carboxylic acids is 1. The number of nitrogens with zero attached hydrogens (tertiary/aromatic N) is 1. The number of aliphatic carboxylic acids is 1. The van der Waals surface area contributed by atoms with Gasteiger partial charge in [0, 0.05) is 29.6 Å². The lowest BCUT2D eigenvalue weighted by atomic mass is 9.81. The van der Waals surface area contributed by atoms with Gasteiger partial charge in [0.15, 0.2) is 5.96 Å². The molecular formula is C27H30ClF5N4O5S. The fourth-order valence-corrected chi connectivity index (χ4v) is 6.09. The molecule has 1 saturated heterocycles. The second-order valence-corrected chi connectivity index (χ2v) is 12.9. The molecular weight excluding hydrogens is 623 g/mol. The van der Waals surface area contributed by atoms with Crippen molar-refractivity contribution in [2.24, 2.45) is 5.92 Å². The Hall–Kier alpha value is -3.46. The van der Waals surface area contributed by atoms with Gasteiger partial charge >= 0.3 is 12.1 Å². The van der Waals surface area contributed by atoms with E-state index in [1.165, 1.54) is 11.8 Å². The van der Waals surface area contributed by atoms with Crippen molar-refractivity contribution in [3.8, 4) is 11.1 Å². The van der Waals surface area contributed by atoms with Crippen LogP contribution in [-0.4, -0.2) is 60.7 Å². The summed E-state index contributed by atoms with van der Waals surface area (Å²) >= 11 is 6.81. The molecule has 1 amide bonds. The number of guanidine groups is 1. The van der Waals surface area contributed by atoms with E-state index < -0.39 is 45.6 Å². The molecule has 2 fully saturated rings. The van der Waals surface area contributed by atoms with Crippen LogP contribution >= 0.6 is 11.6 Å². The van der Waals surface area contributed by atoms with Gasteiger partial charge in [0.25, 0.3) is 5.92 Å². The van der Waals surface area contributed by atoms with E-state index >= 15 is 0 Å². The van der Waals surface area contributed by atoms with E-state index in [0.29, 0.717) is 21.8 Å². The van der Waals surface area contributed by atoms with E-state index in [0.717, 1.165) is 11.8 Å². The molecule has 3 atom stereocenters. The average Bonchev–Trinajstić information content (AvgIpc) is 2.85. The number of benzene rings is 2. The van der Waals surface area contributed by atoms with Crippen molar-refractivity contribution >= 4 is 45.1 Å². The maximum Gasteiger partial charge on any atom is 0.490 e. The number of halogens is 6. The maximum absolute atomic E-state index is 14.0. The maximum atomic E-state index is 14.0. The molecule has 0 spiro atoms. The zero-order valence-corrected chi connectivity index (χ0v) is 24.8. The van der Waals surface area contributed by atoms with E-state index in [1.807, 2.05) is 6.07 Å². The molecule has 9 nitrogen and oxygen atoms in total. The SMILES string of the molecule is C[C@H]1C[C@@H](N2C(=N)N[C@](C)(c3cccc(-c4ccc(NS(C)(=O)=O)cc4)c3Cl)CC2=O)CCC1(F)F.O=C(O)C(F)(F)F. The summed E-state index contributed by atoms with van der Waals surface area (Å²) in [7, 11) is -3.40. The normalized spacial score (nSPS) is 24.0. The molecule has 0 radical (unpaired) electrons. The highest BCUT2D eigenvalue weighted by atomic mass is 35.5. The summed E-state index contributed by atoms with van der Waals surface area (Å²) in [5, 5.41) is 19.2. The highest BCUT2D eigenvalue weighted by Crippen LogP contribution is 2.43. The summed E-state index contributed by atoms with van der Waals surface area (Å²) in [4.78, 5) is 23.5. The van der Waals surface area contributed by atoms with Crippen LogP contribution in [0.3, 0.4) is 0 Å². The van der Waals surface area contributed by atoms with E-state index in [4.69, 9.17) is 26.9 Å². The molecule has 4 rings (SSSR count). The minimum absolute atomic E-state index is 0.0110. The van der Waals surface area contributed by atoms with Gasteiger partial charge in [-0.1, -0.05) is 48.9 Å². The second kappa shape index (κ2) is 12.3. The molecule has 43 heavy (non-hydrogen) atoms. The monoisotopic (exact) mass is 652 g/mol. The van der Waals surface area contributed by atoms with Crippen molar-refractivity contribution in [1.82, 2.24) is 10.2 Å². The lowest BCUT2D eigenvalue weighted by Crippen LogP contribution is -2.63. The molecule has 0 unspecified atom stereocenters. The third-order valence-corrected chi connectivity index (χ3v) is 8.28. The van der Waals surface area contributed by atoms with Gasteiger partial charge in [0.05, 0.1) is 23.2 Å². The predicted octanol–water partition coefficient (Wildman–Crippen LogP) is 5.81. The standard InChI is InChI=1S/C25H29ClF2N4O3S.C2HF3O2/c1-15-13-18(11-12-25(15,27)28)32-21(33)14-24(2,30-23(32)29)20-6-4-5-19(22(20)26)16-7-9-17(10-8-16)31-36(3,34)35;3-2(4,5)1(6)7/h4-10,15,18,31H,11-14H2,1-3H3,(H2,29,30);(H,6,7)/t15-,18-,24-;/m0./s1. The van der Waals surface area contributed by atoms with Gasteiger partial charge in [-0.25, -0.2) is 22.0 Å². The minimum Gasteiger partial charge on any atom is -0.475 e. The molecule has 1 heterocycles. The molecule has 1 aliphatic carbocycles. The Morgan fingerprint density at radius 1 is 1.19 bits per heavy atom. The number of nitrogens with one attached hydrogen (secondary N) is 3. The predicted molar refractivity (Wildman–Crippen MR) is 150 cm³/mol. The van der Waals surface area contributed by atoms with Crippen LogP contribution in [0, 0.1) is 11.3 Å². The Morgan fingerprint density at radius 3 is 2.26 bits per heavy atom. The van der Waals surface area contributed by atoms with Crippen LogP contribution in [0.2, 0.25) is 5.02 Å². The quantitative estimate of drug-likeness (QED) is 0.301. The summed E-state index contributed by atoms with van der Waals surface area (Å²) in [6.45, 7) is 3.27. The van der Waals surface area contributed by atoms with Crippen molar-refractivity contribution in [1.29, 1.82) is 5.41 Å². The molecule has 2 aromatic carbocycles. The summed E-state index contributed by atoms with van der Waals surface area (Å²) in [6, 6.07) is 11.7. The van der Waals surface area contributed by atoms with Crippen LogP contribution in [0.5, 0.6) is 0 Å². The van der Waals surface area contributed by atoms with Gasteiger partial charge in [-0.2, -0.15) is 13.2 Å². The lowest BCUT2D eigenvalue weighted by molar-refractivity contribution is -0.192. The van der Waals surface area contributed by atoms with Crippen molar-refractivity contribution < 1.29 is 45.1 Å². The van der Waals surface area contributed by atoms with Gasteiger partial charge in [-0.3, -0.25) is 19.8 Å². The molecule has 236 valence electrons. The third kappa shape index (κ3) is 8.13. The average molecular weight is 653 g/mol. The summed E-state index contributed by atoms with van der Waals surface area (Å²) < 4.78 is 85.0. The highest BCUT2D eigenvalue weighted by molar-refractivity contribution is 7.92. The van der Waals surface area contributed by atoms with Crippen LogP contribution in [0.25, 0.3) is 11.1 Å². The lowest BCUT2D eigenvalue weighted by Gasteiger charge is -2.46. The number of amides is 1. The Balaban J connectivity index is 0.000000646. The number of anilines is 1. The van der Waals surface area contributed by atoms with Crippen LogP contribution in [0.4, 0.5) is 27.6 Å². The number of alkyl halides is 5. The first kappa shape index (κ1) is 34.0. The molecule has 0 bridgehead atoms. The van der Waals surface area contributed by atoms with Crippen LogP contribution in [-0.2, 0) is 25.2 Å². The van der Waals surface area contributed by atoms with E-state index in [2.05, 4.69) is 10.0 Å². The van der Waals surface area contributed by atoms with Gasteiger partial charge in [0.2, 0.25) is 15.9 Å². The van der Waals surface area contributed by atoms with E-state index in [9.17, 15) is 35.2 Å². The zero-order valence-electron chi connectivity index (χ0n) is 23.2. The number of carbonyl (C=O) groups is 2. The fourth-order valence-electron chi connectivity index (χ4n) is 5.08. The van der Waals surface area contributed by atoms with Gasteiger partial charge in [0.1, 0.15) is 0 Å². The molecule has 1 aliphatic heterocycles. The Kier molecular flexibility index (Phi) is 9.71. The van der Waals surface area contributed by atoms with Crippen LogP contribution < -0.4 is 10.0 Å². The number of sulfonamides is 1. The van der Waals surface area contributed by atoms with Crippen LogP contribution in [0.1, 0.15) is 45.1 Å². The summed E-state index contributed by atoms with van der Waals surface area (Å²) in [6.07, 6.45) is -4.02.